The normalized spacial score (nSPS) is 18.5. The summed E-state index contributed by atoms with van der Waals surface area (Å²) in [5, 5.41) is 2.10. The summed E-state index contributed by atoms with van der Waals surface area (Å²) in [5.41, 5.74) is 3.09. The Labute approximate surface area is 85.6 Å². The van der Waals surface area contributed by atoms with Crippen molar-refractivity contribution in [3.8, 4) is 0 Å². The lowest BCUT2D eigenvalue weighted by Gasteiger charge is -2.26. The van der Waals surface area contributed by atoms with E-state index in [4.69, 9.17) is 4.74 Å². The van der Waals surface area contributed by atoms with Gasteiger partial charge in [0.15, 0.2) is 0 Å². The number of nitrogens with zero attached hydrogens (tertiary/aromatic N) is 1. The number of hydrazine groups is 1. The molecule has 1 heterocycles. The lowest BCUT2D eigenvalue weighted by molar-refractivity contribution is -0.147. The van der Waals surface area contributed by atoms with Crippen molar-refractivity contribution in [1.82, 2.24) is 10.4 Å². The zero-order chi connectivity index (χ0) is 10.4. The van der Waals surface area contributed by atoms with Crippen LogP contribution in [0.2, 0.25) is 0 Å². The van der Waals surface area contributed by atoms with Gasteiger partial charge in [-0.05, 0) is 26.7 Å². The van der Waals surface area contributed by atoms with Crippen molar-refractivity contribution in [3.63, 3.8) is 0 Å². The number of rotatable bonds is 4. The molecular formula is C10H20N2O2. The van der Waals surface area contributed by atoms with Gasteiger partial charge >= 0.3 is 5.97 Å². The van der Waals surface area contributed by atoms with Crippen molar-refractivity contribution < 1.29 is 9.53 Å². The molecule has 0 atom stereocenters. The number of piperidine rings is 1. The van der Waals surface area contributed by atoms with Crippen molar-refractivity contribution >= 4 is 5.97 Å². The highest BCUT2D eigenvalue weighted by Crippen LogP contribution is 2.05. The van der Waals surface area contributed by atoms with Crippen LogP contribution in [0.1, 0.15) is 33.1 Å². The zero-order valence-corrected chi connectivity index (χ0v) is 9.08. The van der Waals surface area contributed by atoms with Gasteiger partial charge in [-0.2, -0.15) is 0 Å². The maximum Gasteiger partial charge on any atom is 0.321 e. The number of esters is 1. The molecule has 1 fully saturated rings. The summed E-state index contributed by atoms with van der Waals surface area (Å²) in [7, 11) is 0. The number of nitrogens with one attached hydrogen (secondary N) is 1. The summed E-state index contributed by atoms with van der Waals surface area (Å²) in [6, 6.07) is 0. The molecule has 0 amide bonds. The van der Waals surface area contributed by atoms with Crippen LogP contribution in [0.25, 0.3) is 0 Å². The number of carbonyl (C=O) groups excluding carboxylic acids is 1. The van der Waals surface area contributed by atoms with Crippen LogP contribution in [-0.2, 0) is 9.53 Å². The minimum atomic E-state index is -0.175. The van der Waals surface area contributed by atoms with Crippen molar-refractivity contribution in [2.24, 2.45) is 0 Å². The van der Waals surface area contributed by atoms with Crippen LogP contribution in [-0.4, -0.2) is 36.7 Å². The van der Waals surface area contributed by atoms with E-state index in [-0.39, 0.29) is 18.6 Å². The topological polar surface area (TPSA) is 41.6 Å². The fourth-order valence-corrected chi connectivity index (χ4v) is 1.53. The minimum Gasteiger partial charge on any atom is -0.462 e. The van der Waals surface area contributed by atoms with Gasteiger partial charge in [0.2, 0.25) is 0 Å². The highest BCUT2D eigenvalue weighted by atomic mass is 16.5. The second-order valence-electron chi connectivity index (χ2n) is 3.92. The molecule has 1 saturated heterocycles. The van der Waals surface area contributed by atoms with Crippen molar-refractivity contribution in [2.45, 2.75) is 39.2 Å². The quantitative estimate of drug-likeness (QED) is 0.685. The second-order valence-corrected chi connectivity index (χ2v) is 3.92. The molecular weight excluding hydrogens is 180 g/mol. The van der Waals surface area contributed by atoms with E-state index in [2.05, 4.69) is 10.4 Å². The molecule has 0 aliphatic carbocycles. The summed E-state index contributed by atoms with van der Waals surface area (Å²) in [6.45, 7) is 6.08. The summed E-state index contributed by atoms with van der Waals surface area (Å²) in [5.74, 6) is -0.175. The highest BCUT2D eigenvalue weighted by Gasteiger charge is 2.11. The first-order chi connectivity index (χ1) is 6.68. The van der Waals surface area contributed by atoms with Gasteiger partial charge in [0.05, 0.1) is 6.10 Å². The highest BCUT2D eigenvalue weighted by molar-refractivity contribution is 5.71. The molecule has 0 spiro atoms. The van der Waals surface area contributed by atoms with Crippen LogP contribution in [0, 0.1) is 0 Å². The summed E-state index contributed by atoms with van der Waals surface area (Å²) in [4.78, 5) is 11.2. The van der Waals surface area contributed by atoms with E-state index >= 15 is 0 Å². The van der Waals surface area contributed by atoms with Gasteiger partial charge in [0, 0.05) is 13.1 Å². The van der Waals surface area contributed by atoms with Crippen LogP contribution in [0.3, 0.4) is 0 Å². The second kappa shape index (κ2) is 5.98. The third-order valence-electron chi connectivity index (χ3n) is 2.17. The number of hydrogen-bond donors (Lipinski definition) is 1. The number of hydrogen-bond acceptors (Lipinski definition) is 4. The predicted molar refractivity (Wildman–Crippen MR) is 54.7 cm³/mol. The number of ether oxygens (including phenoxy) is 1. The fourth-order valence-electron chi connectivity index (χ4n) is 1.53. The molecule has 0 unspecified atom stereocenters. The molecule has 0 saturated carbocycles. The van der Waals surface area contributed by atoms with Crippen molar-refractivity contribution in [3.05, 3.63) is 0 Å². The first-order valence-electron chi connectivity index (χ1n) is 5.36. The van der Waals surface area contributed by atoms with Crippen LogP contribution >= 0.6 is 0 Å². The summed E-state index contributed by atoms with van der Waals surface area (Å²) >= 11 is 0. The Morgan fingerprint density at radius 2 is 2.00 bits per heavy atom. The Balaban J connectivity index is 2.09. The molecule has 4 nitrogen and oxygen atoms in total. The Hall–Kier alpha value is -0.610. The SMILES string of the molecule is CC(C)OC(=O)CNN1CCCCC1. The molecule has 1 aliphatic heterocycles. The van der Waals surface area contributed by atoms with E-state index < -0.39 is 0 Å². The molecule has 14 heavy (non-hydrogen) atoms. The molecule has 0 aromatic heterocycles. The zero-order valence-electron chi connectivity index (χ0n) is 9.08. The van der Waals surface area contributed by atoms with E-state index in [1.807, 2.05) is 13.8 Å². The minimum absolute atomic E-state index is 0.0225. The number of carbonyl (C=O) groups is 1. The maximum absolute atomic E-state index is 11.2. The smallest absolute Gasteiger partial charge is 0.321 e. The van der Waals surface area contributed by atoms with Crippen LogP contribution in [0.5, 0.6) is 0 Å². The summed E-state index contributed by atoms with van der Waals surface area (Å²) < 4.78 is 5.01. The molecule has 1 rings (SSSR count). The van der Waals surface area contributed by atoms with Crippen LogP contribution in [0.15, 0.2) is 0 Å². The van der Waals surface area contributed by atoms with E-state index in [1.54, 1.807) is 0 Å². The van der Waals surface area contributed by atoms with Gasteiger partial charge in [-0.1, -0.05) is 6.42 Å². The van der Waals surface area contributed by atoms with Gasteiger partial charge in [-0.3, -0.25) is 4.79 Å². The van der Waals surface area contributed by atoms with Gasteiger partial charge in [0.25, 0.3) is 0 Å². The molecule has 82 valence electrons. The molecule has 1 aliphatic rings. The van der Waals surface area contributed by atoms with E-state index in [9.17, 15) is 4.79 Å². The average molecular weight is 200 g/mol. The Morgan fingerprint density at radius 1 is 1.36 bits per heavy atom. The molecule has 0 aromatic carbocycles. The standard InChI is InChI=1S/C10H20N2O2/c1-9(2)14-10(13)8-11-12-6-4-3-5-7-12/h9,11H,3-8H2,1-2H3. The monoisotopic (exact) mass is 200 g/mol. The van der Waals surface area contributed by atoms with Gasteiger partial charge in [-0.25, -0.2) is 10.4 Å². The molecule has 0 radical (unpaired) electrons. The predicted octanol–water partition coefficient (Wildman–Crippen LogP) is 0.928. The van der Waals surface area contributed by atoms with Gasteiger partial charge < -0.3 is 4.74 Å². The lowest BCUT2D eigenvalue weighted by atomic mass is 10.2. The molecule has 0 aromatic rings. The Morgan fingerprint density at radius 3 is 2.57 bits per heavy atom. The van der Waals surface area contributed by atoms with Gasteiger partial charge in [0.1, 0.15) is 6.54 Å². The van der Waals surface area contributed by atoms with E-state index in [0.29, 0.717) is 0 Å². The van der Waals surface area contributed by atoms with Crippen LogP contribution < -0.4 is 5.43 Å². The third kappa shape index (κ3) is 4.58. The average Bonchev–Trinajstić information content (AvgIpc) is 2.15. The Kier molecular flexibility index (Phi) is 4.90. The lowest BCUT2D eigenvalue weighted by Crippen LogP contribution is -2.44. The van der Waals surface area contributed by atoms with E-state index in [1.165, 1.54) is 19.3 Å². The maximum atomic E-state index is 11.2. The van der Waals surface area contributed by atoms with Crippen LogP contribution in [0.4, 0.5) is 0 Å². The first kappa shape index (κ1) is 11.5. The molecule has 1 N–H and O–H groups in total. The molecule has 4 heteroatoms. The summed E-state index contributed by atoms with van der Waals surface area (Å²) in [6.07, 6.45) is 3.71. The Bertz CT molecular complexity index is 177. The first-order valence-corrected chi connectivity index (χ1v) is 5.36. The third-order valence-corrected chi connectivity index (χ3v) is 2.17. The van der Waals surface area contributed by atoms with E-state index in [0.717, 1.165) is 13.1 Å². The van der Waals surface area contributed by atoms with Gasteiger partial charge in [-0.15, -0.1) is 0 Å². The molecule has 0 bridgehead atoms. The van der Waals surface area contributed by atoms with Crippen molar-refractivity contribution in [2.75, 3.05) is 19.6 Å². The largest absolute Gasteiger partial charge is 0.462 e. The fraction of sp³-hybridized carbons (Fsp3) is 0.900. The van der Waals surface area contributed by atoms with Crippen molar-refractivity contribution in [1.29, 1.82) is 0 Å².